The highest BCUT2D eigenvalue weighted by molar-refractivity contribution is 7.22. The predicted molar refractivity (Wildman–Crippen MR) is 109 cm³/mol. The summed E-state index contributed by atoms with van der Waals surface area (Å²) in [5, 5.41) is 5.28. The SMILES string of the molecule is CCN1CCc2c(sc(NC(=O)C3CC3)c2-c2nc3ccccc3s2)C1. The second-order valence-electron chi connectivity index (χ2n) is 7.08. The number of aromatic nitrogens is 1. The monoisotopic (exact) mass is 383 g/mol. The van der Waals surface area contributed by atoms with Crippen LogP contribution in [0.2, 0.25) is 0 Å². The number of amides is 1. The molecule has 0 radical (unpaired) electrons. The van der Waals surface area contributed by atoms with E-state index in [0.29, 0.717) is 0 Å². The Morgan fingerprint density at radius 1 is 1.31 bits per heavy atom. The number of hydrogen-bond donors (Lipinski definition) is 1. The summed E-state index contributed by atoms with van der Waals surface area (Å²) in [5.74, 6) is 0.391. The first-order chi connectivity index (χ1) is 12.7. The molecule has 0 unspecified atom stereocenters. The van der Waals surface area contributed by atoms with E-state index in [1.54, 1.807) is 22.7 Å². The number of nitrogens with one attached hydrogen (secondary N) is 1. The molecular weight excluding hydrogens is 362 g/mol. The number of anilines is 1. The summed E-state index contributed by atoms with van der Waals surface area (Å²) in [5.41, 5.74) is 3.61. The number of carbonyl (C=O) groups excluding carboxylic acids is 1. The summed E-state index contributed by atoms with van der Waals surface area (Å²) < 4.78 is 1.20. The molecule has 26 heavy (non-hydrogen) atoms. The summed E-state index contributed by atoms with van der Waals surface area (Å²) in [6.45, 7) is 5.34. The smallest absolute Gasteiger partial charge is 0.228 e. The number of benzene rings is 1. The van der Waals surface area contributed by atoms with Crippen molar-refractivity contribution in [2.45, 2.75) is 32.7 Å². The third kappa shape index (κ3) is 2.86. The lowest BCUT2D eigenvalue weighted by atomic mass is 10.0. The Morgan fingerprint density at radius 2 is 2.15 bits per heavy atom. The Hall–Kier alpha value is -1.76. The number of fused-ring (bicyclic) bond motifs is 2. The molecule has 3 aromatic rings. The van der Waals surface area contributed by atoms with Gasteiger partial charge < -0.3 is 5.32 Å². The van der Waals surface area contributed by atoms with E-state index in [1.807, 2.05) is 6.07 Å². The highest BCUT2D eigenvalue weighted by Crippen LogP contribution is 2.46. The van der Waals surface area contributed by atoms with Gasteiger partial charge in [-0.05, 0) is 43.5 Å². The summed E-state index contributed by atoms with van der Waals surface area (Å²) in [6.07, 6.45) is 3.08. The van der Waals surface area contributed by atoms with Crippen LogP contribution in [0.1, 0.15) is 30.2 Å². The Morgan fingerprint density at radius 3 is 2.92 bits per heavy atom. The van der Waals surface area contributed by atoms with Crippen molar-refractivity contribution in [1.29, 1.82) is 0 Å². The van der Waals surface area contributed by atoms with Gasteiger partial charge in [0.25, 0.3) is 0 Å². The molecule has 134 valence electrons. The number of hydrogen-bond acceptors (Lipinski definition) is 5. The van der Waals surface area contributed by atoms with Gasteiger partial charge in [0.1, 0.15) is 10.0 Å². The van der Waals surface area contributed by atoms with Crippen molar-refractivity contribution in [3.8, 4) is 10.6 Å². The van der Waals surface area contributed by atoms with Crippen LogP contribution < -0.4 is 5.32 Å². The lowest BCUT2D eigenvalue weighted by molar-refractivity contribution is -0.117. The van der Waals surface area contributed by atoms with Gasteiger partial charge in [-0.25, -0.2) is 4.98 Å². The van der Waals surface area contributed by atoms with Crippen LogP contribution in [0.15, 0.2) is 24.3 Å². The summed E-state index contributed by atoms with van der Waals surface area (Å²) in [4.78, 5) is 21.2. The van der Waals surface area contributed by atoms with Gasteiger partial charge in [0.2, 0.25) is 5.91 Å². The van der Waals surface area contributed by atoms with Gasteiger partial charge in [-0.15, -0.1) is 22.7 Å². The van der Waals surface area contributed by atoms with Gasteiger partial charge in [-0.1, -0.05) is 19.1 Å². The van der Waals surface area contributed by atoms with Crippen LogP contribution in [0.4, 0.5) is 5.00 Å². The van der Waals surface area contributed by atoms with Gasteiger partial charge in [-0.3, -0.25) is 9.69 Å². The summed E-state index contributed by atoms with van der Waals surface area (Å²) in [7, 11) is 0. The van der Waals surface area contributed by atoms with Crippen molar-refractivity contribution in [2.75, 3.05) is 18.4 Å². The van der Waals surface area contributed by atoms with Crippen LogP contribution in [0, 0.1) is 5.92 Å². The standard InChI is InChI=1S/C20H21N3OS2/c1-2-23-10-9-13-16(11-23)26-20(22-18(24)12-7-8-12)17(13)19-21-14-5-3-4-6-15(14)25-19/h3-6,12H,2,7-11H2,1H3,(H,22,24). The van der Waals surface area contributed by atoms with Gasteiger partial charge >= 0.3 is 0 Å². The van der Waals surface area contributed by atoms with Crippen molar-refractivity contribution < 1.29 is 4.79 Å². The molecule has 2 aliphatic rings. The number of nitrogens with zero attached hydrogens (tertiary/aromatic N) is 2. The predicted octanol–water partition coefficient (Wildman–Crippen LogP) is 4.75. The zero-order valence-electron chi connectivity index (χ0n) is 14.7. The molecule has 1 N–H and O–H groups in total. The first kappa shape index (κ1) is 16.4. The van der Waals surface area contributed by atoms with Crippen molar-refractivity contribution in [3.05, 3.63) is 34.7 Å². The van der Waals surface area contributed by atoms with Crippen LogP contribution in [0.3, 0.4) is 0 Å². The average Bonchev–Trinajstić information content (AvgIpc) is 3.33. The van der Waals surface area contributed by atoms with Crippen molar-refractivity contribution >= 4 is 43.8 Å². The van der Waals surface area contributed by atoms with E-state index in [9.17, 15) is 4.79 Å². The summed E-state index contributed by atoms with van der Waals surface area (Å²) in [6, 6.07) is 8.28. The van der Waals surface area contributed by atoms with E-state index in [2.05, 4.69) is 35.3 Å². The highest BCUT2D eigenvalue weighted by atomic mass is 32.1. The lowest BCUT2D eigenvalue weighted by Gasteiger charge is -2.25. The lowest BCUT2D eigenvalue weighted by Crippen LogP contribution is -2.29. The average molecular weight is 384 g/mol. The molecule has 1 aliphatic heterocycles. The fourth-order valence-corrected chi connectivity index (χ4v) is 5.98. The van der Waals surface area contributed by atoms with Crippen LogP contribution >= 0.6 is 22.7 Å². The summed E-state index contributed by atoms with van der Waals surface area (Å²) >= 11 is 3.48. The zero-order valence-corrected chi connectivity index (χ0v) is 16.4. The van der Waals surface area contributed by atoms with Gasteiger partial charge in [0, 0.05) is 29.4 Å². The molecule has 5 rings (SSSR count). The normalized spacial score (nSPS) is 17.4. The first-order valence-electron chi connectivity index (χ1n) is 9.26. The molecule has 1 fully saturated rings. The molecule has 1 aromatic carbocycles. The molecule has 1 saturated carbocycles. The number of carbonyl (C=O) groups is 1. The molecule has 2 aromatic heterocycles. The molecule has 1 aliphatic carbocycles. The fraction of sp³-hybridized carbons (Fsp3) is 0.400. The molecule has 1 amide bonds. The van der Waals surface area contributed by atoms with Crippen LogP contribution in [0.5, 0.6) is 0 Å². The third-order valence-electron chi connectivity index (χ3n) is 5.28. The molecule has 4 nitrogen and oxygen atoms in total. The third-order valence-corrected chi connectivity index (χ3v) is 7.46. The Kier molecular flexibility index (Phi) is 4.07. The number of likely N-dealkylation sites (N-methyl/N-ethyl adjacent to an activating group) is 1. The largest absolute Gasteiger partial charge is 0.317 e. The van der Waals surface area contributed by atoms with E-state index >= 15 is 0 Å². The molecular formula is C20H21N3OS2. The zero-order chi connectivity index (χ0) is 17.7. The van der Waals surface area contributed by atoms with Crippen LogP contribution in [-0.2, 0) is 17.8 Å². The van der Waals surface area contributed by atoms with Crippen LogP contribution in [-0.4, -0.2) is 28.9 Å². The van der Waals surface area contributed by atoms with E-state index in [4.69, 9.17) is 4.98 Å². The maximum atomic E-state index is 12.4. The minimum atomic E-state index is 0.179. The Balaban J connectivity index is 1.61. The second kappa shape index (κ2) is 6.44. The Bertz CT molecular complexity index is 953. The number of para-hydroxylation sites is 1. The van der Waals surface area contributed by atoms with E-state index in [0.717, 1.165) is 54.4 Å². The van der Waals surface area contributed by atoms with Crippen LogP contribution in [0.25, 0.3) is 20.8 Å². The number of rotatable bonds is 4. The van der Waals surface area contributed by atoms with E-state index in [1.165, 1.54) is 20.7 Å². The van der Waals surface area contributed by atoms with Crippen molar-refractivity contribution in [3.63, 3.8) is 0 Å². The maximum absolute atomic E-state index is 12.4. The van der Waals surface area contributed by atoms with E-state index < -0.39 is 0 Å². The maximum Gasteiger partial charge on any atom is 0.228 e. The van der Waals surface area contributed by atoms with Crippen molar-refractivity contribution in [2.24, 2.45) is 5.92 Å². The molecule has 3 heterocycles. The Labute approximate surface area is 160 Å². The molecule has 0 saturated heterocycles. The van der Waals surface area contributed by atoms with Gasteiger partial charge in [0.15, 0.2) is 0 Å². The molecule has 0 bridgehead atoms. The quantitative estimate of drug-likeness (QED) is 0.707. The number of thiophene rings is 1. The van der Waals surface area contributed by atoms with Crippen molar-refractivity contribution in [1.82, 2.24) is 9.88 Å². The first-order valence-corrected chi connectivity index (χ1v) is 10.9. The molecule has 0 spiro atoms. The highest BCUT2D eigenvalue weighted by Gasteiger charge is 2.32. The van der Waals surface area contributed by atoms with E-state index in [-0.39, 0.29) is 11.8 Å². The second-order valence-corrected chi connectivity index (χ2v) is 9.21. The minimum absolute atomic E-state index is 0.179. The topological polar surface area (TPSA) is 45.2 Å². The van der Waals surface area contributed by atoms with Gasteiger partial charge in [-0.2, -0.15) is 0 Å². The number of thiazole rings is 1. The minimum Gasteiger partial charge on any atom is -0.317 e. The molecule has 0 atom stereocenters. The van der Waals surface area contributed by atoms with Gasteiger partial charge in [0.05, 0.1) is 10.2 Å². The molecule has 6 heteroatoms. The fourth-order valence-electron chi connectivity index (χ4n) is 3.58.